The van der Waals surface area contributed by atoms with Gasteiger partial charge in [0.2, 0.25) is 0 Å². The molecule has 4 aromatic rings. The summed E-state index contributed by atoms with van der Waals surface area (Å²) >= 11 is 0. The van der Waals surface area contributed by atoms with Crippen molar-refractivity contribution in [2.45, 2.75) is 6.92 Å². The predicted molar refractivity (Wildman–Crippen MR) is 109 cm³/mol. The number of nitrogens with one attached hydrogen (secondary N) is 1. The molecule has 0 radical (unpaired) electrons. The lowest BCUT2D eigenvalue weighted by Crippen LogP contribution is -1.91. The third-order valence-corrected chi connectivity index (χ3v) is 4.67. The highest BCUT2D eigenvalue weighted by Gasteiger charge is 2.14. The smallest absolute Gasteiger partial charge is 0.118 e. The highest BCUT2D eigenvalue weighted by atomic mass is 16.5. The number of hydrogen-bond acceptors (Lipinski definition) is 1. The molecule has 1 heterocycles. The lowest BCUT2D eigenvalue weighted by molar-refractivity contribution is 0.415. The Labute approximate surface area is 153 Å². The maximum absolute atomic E-state index is 5.33. The van der Waals surface area contributed by atoms with Gasteiger partial charge in [-0.15, -0.1) is 0 Å². The summed E-state index contributed by atoms with van der Waals surface area (Å²) in [6.07, 6.45) is 2.25. The number of aromatic amines is 1. The first kappa shape index (κ1) is 16.2. The summed E-state index contributed by atoms with van der Waals surface area (Å²) in [5.41, 5.74) is 7.13. The van der Waals surface area contributed by atoms with Gasteiger partial charge >= 0.3 is 0 Å². The highest BCUT2D eigenvalue weighted by Crippen LogP contribution is 2.34. The molecule has 26 heavy (non-hydrogen) atoms. The molecule has 0 saturated heterocycles. The number of H-pyrrole nitrogens is 1. The zero-order chi connectivity index (χ0) is 17.9. The maximum atomic E-state index is 5.33. The van der Waals surface area contributed by atoms with Crippen LogP contribution in [0.4, 0.5) is 0 Å². The Hall–Kier alpha value is -3.26. The molecule has 0 bridgehead atoms. The number of benzene rings is 3. The van der Waals surface area contributed by atoms with Gasteiger partial charge in [0.25, 0.3) is 0 Å². The van der Waals surface area contributed by atoms with E-state index in [9.17, 15) is 0 Å². The molecule has 3 aromatic carbocycles. The third kappa shape index (κ3) is 3.02. The van der Waals surface area contributed by atoms with E-state index in [4.69, 9.17) is 4.74 Å². The van der Waals surface area contributed by atoms with E-state index in [0.717, 1.165) is 11.3 Å². The standard InChI is InChI=1S/C24H21NO/c1-17-24(21-10-6-7-11-23(21)25-17)22(16-18-8-4-3-5-9-18)19-12-14-20(26-2)15-13-19/h3-16,25H,1-2H3/b22-16+. The van der Waals surface area contributed by atoms with Crippen molar-refractivity contribution in [1.82, 2.24) is 4.98 Å². The van der Waals surface area contributed by atoms with Crippen molar-refractivity contribution in [2.24, 2.45) is 0 Å². The van der Waals surface area contributed by atoms with Gasteiger partial charge in [-0.3, -0.25) is 0 Å². The van der Waals surface area contributed by atoms with Crippen LogP contribution in [0.3, 0.4) is 0 Å². The van der Waals surface area contributed by atoms with E-state index in [-0.39, 0.29) is 0 Å². The average Bonchev–Trinajstić information content (AvgIpc) is 3.03. The lowest BCUT2D eigenvalue weighted by atomic mass is 9.93. The zero-order valence-corrected chi connectivity index (χ0v) is 15.0. The molecule has 1 aromatic heterocycles. The van der Waals surface area contributed by atoms with Gasteiger partial charge in [0.1, 0.15) is 5.75 Å². The van der Waals surface area contributed by atoms with Crippen molar-refractivity contribution in [1.29, 1.82) is 0 Å². The molecule has 2 nitrogen and oxygen atoms in total. The number of para-hydroxylation sites is 1. The minimum absolute atomic E-state index is 0.864. The van der Waals surface area contributed by atoms with Crippen molar-refractivity contribution < 1.29 is 4.74 Å². The van der Waals surface area contributed by atoms with E-state index in [0.29, 0.717) is 0 Å². The summed E-state index contributed by atoms with van der Waals surface area (Å²) in [4.78, 5) is 3.52. The number of aromatic nitrogens is 1. The molecule has 0 unspecified atom stereocenters. The van der Waals surface area contributed by atoms with Gasteiger partial charge in [0.15, 0.2) is 0 Å². The van der Waals surface area contributed by atoms with Gasteiger partial charge in [0, 0.05) is 22.2 Å². The van der Waals surface area contributed by atoms with Crippen molar-refractivity contribution >= 4 is 22.6 Å². The Bertz CT molecular complexity index is 1060. The molecule has 0 spiro atoms. The van der Waals surface area contributed by atoms with Gasteiger partial charge in [-0.1, -0.05) is 60.7 Å². The first-order valence-corrected chi connectivity index (χ1v) is 8.75. The van der Waals surface area contributed by atoms with Crippen LogP contribution in [-0.4, -0.2) is 12.1 Å². The number of fused-ring (bicyclic) bond motifs is 1. The normalized spacial score (nSPS) is 11.7. The molecule has 0 aliphatic rings. The van der Waals surface area contributed by atoms with Gasteiger partial charge in [-0.2, -0.15) is 0 Å². The molecule has 0 atom stereocenters. The molecular formula is C24H21NO. The topological polar surface area (TPSA) is 25.0 Å². The summed E-state index contributed by atoms with van der Waals surface area (Å²) in [6, 6.07) is 27.2. The van der Waals surface area contributed by atoms with Crippen LogP contribution < -0.4 is 4.74 Å². The second-order valence-corrected chi connectivity index (χ2v) is 6.37. The van der Waals surface area contributed by atoms with Crippen LogP contribution in [0.2, 0.25) is 0 Å². The number of ether oxygens (including phenoxy) is 1. The van der Waals surface area contributed by atoms with Crippen LogP contribution >= 0.6 is 0 Å². The zero-order valence-electron chi connectivity index (χ0n) is 15.0. The predicted octanol–water partition coefficient (Wildman–Crippen LogP) is 6.07. The Balaban J connectivity index is 1.95. The van der Waals surface area contributed by atoms with Crippen LogP contribution in [0.1, 0.15) is 22.4 Å². The van der Waals surface area contributed by atoms with E-state index >= 15 is 0 Å². The van der Waals surface area contributed by atoms with Crippen molar-refractivity contribution in [3.8, 4) is 5.75 Å². The summed E-state index contributed by atoms with van der Waals surface area (Å²) in [7, 11) is 1.69. The number of hydrogen-bond donors (Lipinski definition) is 1. The van der Waals surface area contributed by atoms with E-state index in [1.807, 2.05) is 18.2 Å². The van der Waals surface area contributed by atoms with Crippen LogP contribution in [0.5, 0.6) is 5.75 Å². The van der Waals surface area contributed by atoms with E-state index in [1.54, 1.807) is 7.11 Å². The highest BCUT2D eigenvalue weighted by molar-refractivity contribution is 6.03. The Morgan fingerprint density at radius 1 is 0.846 bits per heavy atom. The van der Waals surface area contributed by atoms with Crippen LogP contribution in [0.25, 0.3) is 22.6 Å². The fourth-order valence-corrected chi connectivity index (χ4v) is 3.41. The molecule has 0 amide bonds. The third-order valence-electron chi connectivity index (χ3n) is 4.67. The SMILES string of the molecule is COc1ccc(/C(=C\c2ccccc2)c2c(C)[nH]c3ccccc23)cc1. The van der Waals surface area contributed by atoms with Crippen LogP contribution in [0.15, 0.2) is 78.9 Å². The van der Waals surface area contributed by atoms with Crippen LogP contribution in [0, 0.1) is 6.92 Å². The second-order valence-electron chi connectivity index (χ2n) is 6.37. The molecule has 4 rings (SSSR count). The summed E-state index contributed by atoms with van der Waals surface area (Å²) in [6.45, 7) is 2.14. The largest absolute Gasteiger partial charge is 0.497 e. The monoisotopic (exact) mass is 339 g/mol. The quantitative estimate of drug-likeness (QED) is 0.448. The summed E-state index contributed by atoms with van der Waals surface area (Å²) in [5, 5.41) is 1.24. The maximum Gasteiger partial charge on any atom is 0.118 e. The Kier molecular flexibility index (Phi) is 4.32. The average molecular weight is 339 g/mol. The van der Waals surface area contributed by atoms with E-state index in [2.05, 4.69) is 78.6 Å². The number of rotatable bonds is 4. The first-order valence-electron chi connectivity index (χ1n) is 8.75. The number of aryl methyl sites for hydroxylation is 1. The van der Waals surface area contributed by atoms with E-state index in [1.165, 1.54) is 33.3 Å². The van der Waals surface area contributed by atoms with Crippen LogP contribution in [-0.2, 0) is 0 Å². The molecule has 2 heteroatoms. The second kappa shape index (κ2) is 6.93. The molecule has 0 aliphatic heterocycles. The summed E-state index contributed by atoms with van der Waals surface area (Å²) in [5.74, 6) is 0.864. The molecule has 1 N–H and O–H groups in total. The molecule has 0 fully saturated rings. The van der Waals surface area contributed by atoms with Crippen molar-refractivity contribution in [3.63, 3.8) is 0 Å². The van der Waals surface area contributed by atoms with E-state index < -0.39 is 0 Å². The van der Waals surface area contributed by atoms with Crippen molar-refractivity contribution in [2.75, 3.05) is 7.11 Å². The summed E-state index contributed by atoms with van der Waals surface area (Å²) < 4.78 is 5.33. The molecule has 0 saturated carbocycles. The Morgan fingerprint density at radius 3 is 2.27 bits per heavy atom. The minimum atomic E-state index is 0.864. The van der Waals surface area contributed by atoms with Gasteiger partial charge in [-0.05, 0) is 47.9 Å². The van der Waals surface area contributed by atoms with Gasteiger partial charge < -0.3 is 9.72 Å². The fourth-order valence-electron chi connectivity index (χ4n) is 3.41. The molecular weight excluding hydrogens is 318 g/mol. The number of methoxy groups -OCH3 is 1. The Morgan fingerprint density at radius 2 is 1.54 bits per heavy atom. The molecule has 0 aliphatic carbocycles. The van der Waals surface area contributed by atoms with Crippen molar-refractivity contribution in [3.05, 3.63) is 101 Å². The molecule has 128 valence electrons. The lowest BCUT2D eigenvalue weighted by Gasteiger charge is -2.11. The fraction of sp³-hybridized carbons (Fsp3) is 0.0833. The van der Waals surface area contributed by atoms with Gasteiger partial charge in [0.05, 0.1) is 7.11 Å². The first-order chi connectivity index (χ1) is 12.8. The minimum Gasteiger partial charge on any atom is -0.497 e. The van der Waals surface area contributed by atoms with Gasteiger partial charge in [-0.25, -0.2) is 0 Å².